The number of hydrogen-bond acceptors (Lipinski definition) is 3. The van der Waals surface area contributed by atoms with Crippen molar-refractivity contribution in [1.82, 2.24) is 4.90 Å². The first kappa shape index (κ1) is 14.6. The molecule has 4 rings (SSSR count). The van der Waals surface area contributed by atoms with Crippen molar-refractivity contribution in [2.45, 2.75) is 31.8 Å². The second-order valence-electron chi connectivity index (χ2n) is 6.60. The molecule has 3 nitrogen and oxygen atoms in total. The molecule has 2 aromatic carbocycles. The number of nitrogens with zero attached hydrogens (tertiary/aromatic N) is 1. The third-order valence-electron chi connectivity index (χ3n) is 4.90. The highest BCUT2D eigenvalue weighted by molar-refractivity contribution is 5.53. The molecule has 2 aromatic rings. The maximum Gasteiger partial charge on any atom is 0.122 e. The second kappa shape index (κ2) is 6.63. The Hall–Kier alpha value is -2.00. The van der Waals surface area contributed by atoms with E-state index in [9.17, 15) is 0 Å². The Morgan fingerprint density at radius 2 is 1.87 bits per heavy atom. The van der Waals surface area contributed by atoms with Crippen LogP contribution >= 0.6 is 0 Å². The molecule has 0 atom stereocenters. The minimum absolute atomic E-state index is 0.586. The Labute approximate surface area is 138 Å². The van der Waals surface area contributed by atoms with Crippen LogP contribution < -0.4 is 10.1 Å². The third-order valence-corrected chi connectivity index (χ3v) is 4.90. The lowest BCUT2D eigenvalue weighted by atomic mass is 10.0. The first-order chi connectivity index (χ1) is 11.4. The number of hydrogen-bond donors (Lipinski definition) is 1. The molecule has 1 saturated heterocycles. The molecule has 23 heavy (non-hydrogen) atoms. The molecule has 3 heteroatoms. The lowest BCUT2D eigenvalue weighted by molar-refractivity contribution is 0.211. The van der Waals surface area contributed by atoms with Gasteiger partial charge < -0.3 is 10.1 Å². The van der Waals surface area contributed by atoms with Gasteiger partial charge >= 0.3 is 0 Å². The molecule has 0 saturated carbocycles. The standard InChI is InChI=1S/C20H24N2O/c1-2-4-16(5-3-1)15-22-11-8-18(9-12-22)21-19-6-7-20-17(14-19)10-13-23-20/h1-7,14,18,21H,8-13,15H2. The van der Waals surface area contributed by atoms with Crippen molar-refractivity contribution in [2.75, 3.05) is 25.0 Å². The minimum atomic E-state index is 0.586. The molecule has 0 amide bonds. The van der Waals surface area contributed by atoms with Crippen LogP contribution in [0.4, 0.5) is 5.69 Å². The van der Waals surface area contributed by atoms with Gasteiger partial charge in [-0.05, 0) is 42.2 Å². The Morgan fingerprint density at radius 1 is 1.04 bits per heavy atom. The van der Waals surface area contributed by atoms with Crippen LogP contribution in [0.25, 0.3) is 0 Å². The summed E-state index contributed by atoms with van der Waals surface area (Å²) >= 11 is 0. The summed E-state index contributed by atoms with van der Waals surface area (Å²) in [4.78, 5) is 2.56. The molecule has 0 bridgehead atoms. The predicted molar refractivity (Wildman–Crippen MR) is 94.0 cm³/mol. The first-order valence-electron chi connectivity index (χ1n) is 8.65. The van der Waals surface area contributed by atoms with Crippen LogP contribution in [0.2, 0.25) is 0 Å². The van der Waals surface area contributed by atoms with E-state index in [1.54, 1.807) is 0 Å². The van der Waals surface area contributed by atoms with Gasteiger partial charge in [0.05, 0.1) is 6.61 Å². The van der Waals surface area contributed by atoms with Gasteiger partial charge in [0.15, 0.2) is 0 Å². The molecule has 0 spiro atoms. The summed E-state index contributed by atoms with van der Waals surface area (Å²) in [5, 5.41) is 3.71. The SMILES string of the molecule is c1ccc(CN2CCC(Nc3ccc4c(c3)CCO4)CC2)cc1. The normalized spacial score (nSPS) is 18.4. The van der Waals surface area contributed by atoms with Crippen molar-refractivity contribution in [2.24, 2.45) is 0 Å². The first-order valence-corrected chi connectivity index (χ1v) is 8.65. The van der Waals surface area contributed by atoms with Crippen LogP contribution in [0.15, 0.2) is 48.5 Å². The average Bonchev–Trinajstić information content (AvgIpc) is 3.05. The topological polar surface area (TPSA) is 24.5 Å². The molecular weight excluding hydrogens is 284 g/mol. The fraction of sp³-hybridized carbons (Fsp3) is 0.400. The molecule has 0 aromatic heterocycles. The van der Waals surface area contributed by atoms with Crippen molar-refractivity contribution >= 4 is 5.69 Å². The van der Waals surface area contributed by atoms with E-state index >= 15 is 0 Å². The van der Waals surface area contributed by atoms with Gasteiger partial charge in [0.2, 0.25) is 0 Å². The van der Waals surface area contributed by atoms with E-state index in [0.29, 0.717) is 6.04 Å². The quantitative estimate of drug-likeness (QED) is 0.932. The third kappa shape index (κ3) is 3.50. The molecule has 2 aliphatic rings. The molecule has 2 aliphatic heterocycles. The van der Waals surface area contributed by atoms with E-state index < -0.39 is 0 Å². The van der Waals surface area contributed by atoms with Gasteiger partial charge in [-0.25, -0.2) is 0 Å². The summed E-state index contributed by atoms with van der Waals surface area (Å²) in [6.45, 7) is 4.24. The summed E-state index contributed by atoms with van der Waals surface area (Å²) in [5.74, 6) is 1.06. The maximum atomic E-state index is 5.58. The van der Waals surface area contributed by atoms with Gasteiger partial charge in [-0.15, -0.1) is 0 Å². The van der Waals surface area contributed by atoms with Gasteiger partial charge in [-0.3, -0.25) is 4.90 Å². The highest BCUT2D eigenvalue weighted by Crippen LogP contribution is 2.29. The predicted octanol–water partition coefficient (Wildman–Crippen LogP) is 3.70. The fourth-order valence-electron chi connectivity index (χ4n) is 3.59. The van der Waals surface area contributed by atoms with Crippen molar-refractivity contribution < 1.29 is 4.74 Å². The van der Waals surface area contributed by atoms with E-state index in [-0.39, 0.29) is 0 Å². The molecule has 1 fully saturated rings. The Balaban J connectivity index is 1.30. The molecule has 120 valence electrons. The molecule has 0 radical (unpaired) electrons. The number of benzene rings is 2. The lowest BCUT2D eigenvalue weighted by Crippen LogP contribution is -2.38. The van der Waals surface area contributed by atoms with Crippen molar-refractivity contribution in [3.63, 3.8) is 0 Å². The second-order valence-corrected chi connectivity index (χ2v) is 6.60. The molecule has 0 aliphatic carbocycles. The zero-order chi connectivity index (χ0) is 15.5. The molecule has 0 unspecified atom stereocenters. The van der Waals surface area contributed by atoms with E-state index in [4.69, 9.17) is 4.74 Å². The number of nitrogens with one attached hydrogen (secondary N) is 1. The summed E-state index contributed by atoms with van der Waals surface area (Å²) in [6, 6.07) is 17.9. The largest absolute Gasteiger partial charge is 0.493 e. The zero-order valence-corrected chi connectivity index (χ0v) is 13.5. The summed E-state index contributed by atoms with van der Waals surface area (Å²) < 4.78 is 5.58. The smallest absolute Gasteiger partial charge is 0.122 e. The van der Waals surface area contributed by atoms with E-state index in [1.165, 1.54) is 42.7 Å². The van der Waals surface area contributed by atoms with Crippen LogP contribution in [0.5, 0.6) is 5.75 Å². The molecular formula is C20H24N2O. The van der Waals surface area contributed by atoms with Crippen molar-refractivity contribution in [1.29, 1.82) is 0 Å². The Bertz CT molecular complexity index is 648. The summed E-state index contributed by atoms with van der Waals surface area (Å²) in [6.07, 6.45) is 3.46. The monoisotopic (exact) mass is 308 g/mol. The van der Waals surface area contributed by atoms with Gasteiger partial charge in [-0.1, -0.05) is 30.3 Å². The maximum absolute atomic E-state index is 5.58. The number of anilines is 1. The van der Waals surface area contributed by atoms with Crippen molar-refractivity contribution in [3.8, 4) is 5.75 Å². The average molecular weight is 308 g/mol. The summed E-state index contributed by atoms with van der Waals surface area (Å²) in [5.41, 5.74) is 4.00. The van der Waals surface area contributed by atoms with Crippen LogP contribution in [0.1, 0.15) is 24.0 Å². The van der Waals surface area contributed by atoms with Gasteiger partial charge in [0.1, 0.15) is 5.75 Å². The fourth-order valence-corrected chi connectivity index (χ4v) is 3.59. The zero-order valence-electron chi connectivity index (χ0n) is 13.5. The van der Waals surface area contributed by atoms with E-state index in [0.717, 1.165) is 25.3 Å². The minimum Gasteiger partial charge on any atom is -0.493 e. The number of fused-ring (bicyclic) bond motifs is 1. The number of piperidine rings is 1. The molecule has 1 N–H and O–H groups in total. The number of likely N-dealkylation sites (tertiary alicyclic amines) is 1. The number of rotatable bonds is 4. The summed E-state index contributed by atoms with van der Waals surface area (Å²) in [7, 11) is 0. The highest BCUT2D eigenvalue weighted by Gasteiger charge is 2.20. The highest BCUT2D eigenvalue weighted by atomic mass is 16.5. The van der Waals surface area contributed by atoms with Crippen LogP contribution in [0, 0.1) is 0 Å². The lowest BCUT2D eigenvalue weighted by Gasteiger charge is -2.33. The van der Waals surface area contributed by atoms with Gasteiger partial charge in [0, 0.05) is 37.8 Å². The van der Waals surface area contributed by atoms with E-state index in [2.05, 4.69) is 58.7 Å². The van der Waals surface area contributed by atoms with Gasteiger partial charge in [-0.2, -0.15) is 0 Å². The molecule has 2 heterocycles. The van der Waals surface area contributed by atoms with E-state index in [1.807, 2.05) is 0 Å². The van der Waals surface area contributed by atoms with Crippen LogP contribution in [-0.4, -0.2) is 30.6 Å². The van der Waals surface area contributed by atoms with Crippen LogP contribution in [0.3, 0.4) is 0 Å². The van der Waals surface area contributed by atoms with Crippen LogP contribution in [-0.2, 0) is 13.0 Å². The number of ether oxygens (including phenoxy) is 1. The Kier molecular flexibility index (Phi) is 4.20. The Morgan fingerprint density at radius 3 is 2.70 bits per heavy atom. The van der Waals surface area contributed by atoms with Crippen molar-refractivity contribution in [3.05, 3.63) is 59.7 Å². The van der Waals surface area contributed by atoms with Gasteiger partial charge in [0.25, 0.3) is 0 Å².